The van der Waals surface area contributed by atoms with Crippen LogP contribution in [0.3, 0.4) is 0 Å². The van der Waals surface area contributed by atoms with E-state index in [4.69, 9.17) is 0 Å². The molecule has 0 aliphatic heterocycles. The van der Waals surface area contributed by atoms with E-state index in [0.717, 1.165) is 0 Å². The number of hydrogen-bond acceptors (Lipinski definition) is 2. The van der Waals surface area contributed by atoms with Crippen molar-refractivity contribution in [2.24, 2.45) is 0 Å². The summed E-state index contributed by atoms with van der Waals surface area (Å²) < 4.78 is 34.2. The highest BCUT2D eigenvalue weighted by atomic mass is 79.9. The fourth-order valence-corrected chi connectivity index (χ4v) is 2.85. The smallest absolute Gasteiger partial charge is 0.382 e. The summed E-state index contributed by atoms with van der Waals surface area (Å²) in [5.74, 6) is -5.33. The molecule has 23 heavy (non-hydrogen) atoms. The van der Waals surface area contributed by atoms with Crippen LogP contribution in [0.1, 0.15) is 18.1 Å². The number of hydrogen-bond donors (Lipinski definition) is 0. The first-order valence-corrected chi connectivity index (χ1v) is 7.84. The Morgan fingerprint density at radius 2 is 1.48 bits per heavy atom. The van der Waals surface area contributed by atoms with Gasteiger partial charge >= 0.3 is 11.9 Å². The lowest BCUT2D eigenvalue weighted by molar-refractivity contribution is -0.163. The molecule has 0 N–H and O–H groups in total. The Morgan fingerprint density at radius 1 is 1.00 bits per heavy atom. The van der Waals surface area contributed by atoms with Gasteiger partial charge in [0.2, 0.25) is 0 Å². The summed E-state index contributed by atoms with van der Waals surface area (Å²) in [4.78, 5) is 11.8. The van der Waals surface area contributed by atoms with Gasteiger partial charge in [0.25, 0.3) is 0 Å². The molecule has 120 valence electrons. The number of esters is 1. The molecule has 0 saturated carbocycles. The van der Waals surface area contributed by atoms with E-state index in [0.29, 0.717) is 5.56 Å². The minimum Gasteiger partial charge on any atom is -0.461 e. The van der Waals surface area contributed by atoms with Gasteiger partial charge < -0.3 is 4.74 Å². The molecule has 0 unspecified atom stereocenters. The van der Waals surface area contributed by atoms with Gasteiger partial charge in [-0.2, -0.15) is 8.78 Å². The molecule has 2 nitrogen and oxygen atoms in total. The maximum atomic E-state index is 14.7. The van der Waals surface area contributed by atoms with E-state index in [2.05, 4.69) is 20.7 Å². The van der Waals surface area contributed by atoms with Crippen LogP contribution in [0.15, 0.2) is 60.7 Å². The second kappa shape index (κ2) is 7.51. The average Bonchev–Trinajstić information content (AvgIpc) is 2.56. The van der Waals surface area contributed by atoms with Gasteiger partial charge in [-0.1, -0.05) is 60.7 Å². The van der Waals surface area contributed by atoms with Gasteiger partial charge in [0.05, 0.1) is 12.2 Å². The van der Waals surface area contributed by atoms with E-state index in [-0.39, 0.29) is 16.7 Å². The quantitative estimate of drug-likeness (QED) is 0.529. The topological polar surface area (TPSA) is 26.3 Å². The normalized spacial score (nSPS) is 12.5. The molecule has 2 aromatic carbocycles. The minimum atomic E-state index is -3.77. The SMILES string of the molecule is CCOC(=O)C(F)(F)/C(=C(/Br)c1ccccc1)c1ccccc1. The van der Waals surface area contributed by atoms with Crippen molar-refractivity contribution in [3.05, 3.63) is 71.8 Å². The zero-order valence-corrected chi connectivity index (χ0v) is 14.0. The summed E-state index contributed by atoms with van der Waals surface area (Å²) in [5.41, 5.74) is 0.388. The molecule has 0 bridgehead atoms. The Labute approximate surface area is 141 Å². The van der Waals surface area contributed by atoms with Crippen molar-refractivity contribution >= 4 is 32.0 Å². The van der Waals surface area contributed by atoms with E-state index >= 15 is 0 Å². The maximum Gasteiger partial charge on any atom is 0.382 e. The number of benzene rings is 2. The lowest BCUT2D eigenvalue weighted by atomic mass is 9.97. The lowest BCUT2D eigenvalue weighted by Crippen LogP contribution is -2.32. The van der Waals surface area contributed by atoms with Crippen LogP contribution in [0.2, 0.25) is 0 Å². The highest BCUT2D eigenvalue weighted by molar-refractivity contribution is 9.15. The second-order valence-corrected chi connectivity index (χ2v) is 5.51. The van der Waals surface area contributed by atoms with Crippen LogP contribution >= 0.6 is 15.9 Å². The first-order valence-electron chi connectivity index (χ1n) is 7.04. The van der Waals surface area contributed by atoms with Crippen LogP contribution in [-0.2, 0) is 9.53 Å². The van der Waals surface area contributed by atoms with Crippen LogP contribution in [-0.4, -0.2) is 18.5 Å². The lowest BCUT2D eigenvalue weighted by Gasteiger charge is -2.21. The van der Waals surface area contributed by atoms with E-state index in [1.165, 1.54) is 19.1 Å². The minimum absolute atomic E-state index is 0.112. The van der Waals surface area contributed by atoms with Gasteiger partial charge in [0.1, 0.15) is 0 Å². The molecule has 0 atom stereocenters. The van der Waals surface area contributed by atoms with Crippen LogP contribution in [0.4, 0.5) is 8.78 Å². The number of halogens is 3. The van der Waals surface area contributed by atoms with E-state index in [1.54, 1.807) is 48.5 Å². The largest absolute Gasteiger partial charge is 0.461 e. The Balaban J connectivity index is 2.65. The summed E-state index contributed by atoms with van der Waals surface area (Å²) in [5, 5.41) is 0. The summed E-state index contributed by atoms with van der Waals surface area (Å²) in [6.07, 6.45) is 0. The molecule has 0 fully saturated rings. The molecule has 0 spiro atoms. The number of alkyl halides is 2. The molecule has 0 aliphatic rings. The van der Waals surface area contributed by atoms with Crippen molar-refractivity contribution in [3.8, 4) is 0 Å². The van der Waals surface area contributed by atoms with Gasteiger partial charge in [-0.05, 0) is 34.0 Å². The molecule has 0 aromatic heterocycles. The Hall–Kier alpha value is -2.01. The van der Waals surface area contributed by atoms with Crippen molar-refractivity contribution in [1.29, 1.82) is 0 Å². The third-order valence-electron chi connectivity index (χ3n) is 3.15. The summed E-state index contributed by atoms with van der Waals surface area (Å²) in [6.45, 7) is 1.38. The Kier molecular flexibility index (Phi) is 5.66. The summed E-state index contributed by atoms with van der Waals surface area (Å²) in [6, 6.07) is 16.7. The predicted molar refractivity (Wildman–Crippen MR) is 90.2 cm³/mol. The van der Waals surface area contributed by atoms with Crippen LogP contribution in [0.5, 0.6) is 0 Å². The Morgan fingerprint density at radius 3 is 1.96 bits per heavy atom. The highest BCUT2D eigenvalue weighted by Crippen LogP contribution is 2.42. The van der Waals surface area contributed by atoms with Crippen molar-refractivity contribution < 1.29 is 18.3 Å². The van der Waals surface area contributed by atoms with Gasteiger partial charge in [-0.15, -0.1) is 0 Å². The van der Waals surface area contributed by atoms with Crippen LogP contribution in [0.25, 0.3) is 10.1 Å². The molecule has 2 rings (SSSR count). The number of rotatable bonds is 5. The molecule has 5 heteroatoms. The van der Waals surface area contributed by atoms with Crippen molar-refractivity contribution in [2.45, 2.75) is 12.8 Å². The molecule has 0 amide bonds. The highest BCUT2D eigenvalue weighted by Gasteiger charge is 2.46. The first kappa shape index (κ1) is 17.3. The van der Waals surface area contributed by atoms with Crippen molar-refractivity contribution in [1.82, 2.24) is 0 Å². The summed E-state index contributed by atoms with van der Waals surface area (Å²) >= 11 is 3.24. The average molecular weight is 381 g/mol. The number of carbonyl (C=O) groups is 1. The third-order valence-corrected chi connectivity index (χ3v) is 4.01. The van der Waals surface area contributed by atoms with E-state index in [9.17, 15) is 13.6 Å². The van der Waals surface area contributed by atoms with Gasteiger partial charge in [0, 0.05) is 4.48 Å². The molecule has 2 aromatic rings. The maximum absolute atomic E-state index is 14.7. The van der Waals surface area contributed by atoms with Crippen molar-refractivity contribution in [2.75, 3.05) is 6.61 Å². The van der Waals surface area contributed by atoms with Gasteiger partial charge in [-0.25, -0.2) is 4.79 Å². The van der Waals surface area contributed by atoms with Crippen LogP contribution < -0.4 is 0 Å². The third kappa shape index (κ3) is 3.85. The number of carbonyl (C=O) groups excluding carboxylic acids is 1. The molecule has 0 aliphatic carbocycles. The zero-order valence-electron chi connectivity index (χ0n) is 12.4. The van der Waals surface area contributed by atoms with E-state index < -0.39 is 17.5 Å². The molecular weight excluding hydrogens is 366 g/mol. The fraction of sp³-hybridized carbons (Fsp3) is 0.167. The monoisotopic (exact) mass is 380 g/mol. The first-order chi connectivity index (χ1) is 11.0. The molecular formula is C18H15BrF2O2. The van der Waals surface area contributed by atoms with Crippen LogP contribution in [0, 0.1) is 0 Å². The van der Waals surface area contributed by atoms with Crippen molar-refractivity contribution in [3.63, 3.8) is 0 Å². The fourth-order valence-electron chi connectivity index (χ4n) is 2.10. The Bertz CT molecular complexity index is 697. The molecule has 0 radical (unpaired) electrons. The predicted octanol–water partition coefficient (Wildman–Crippen LogP) is 5.15. The zero-order chi connectivity index (χ0) is 16.9. The van der Waals surface area contributed by atoms with E-state index in [1.807, 2.05) is 0 Å². The second-order valence-electron chi connectivity index (χ2n) is 4.72. The van der Waals surface area contributed by atoms with Gasteiger partial charge in [0.15, 0.2) is 0 Å². The summed E-state index contributed by atoms with van der Waals surface area (Å²) in [7, 11) is 0. The van der Waals surface area contributed by atoms with Gasteiger partial charge in [-0.3, -0.25) is 0 Å². The molecule has 0 saturated heterocycles. The number of ether oxygens (including phenoxy) is 1. The molecule has 0 heterocycles. The standard InChI is InChI=1S/C18H15BrF2O2/c1-2-23-17(22)18(20,21)15(13-9-5-3-6-10-13)16(19)14-11-7-4-8-12-14/h3-12H,2H2,1H3/b16-15+.